The first-order valence-corrected chi connectivity index (χ1v) is 10.1. The molecule has 9 nitrogen and oxygen atoms in total. The van der Waals surface area contributed by atoms with Crippen LogP contribution in [0, 0.1) is 23.0 Å². The highest BCUT2D eigenvalue weighted by Crippen LogP contribution is 2.21. The van der Waals surface area contributed by atoms with Crippen LogP contribution in [0.25, 0.3) is 0 Å². The topological polar surface area (TPSA) is 147 Å². The van der Waals surface area contributed by atoms with Gasteiger partial charge in [-0.25, -0.2) is 0 Å². The highest BCUT2D eigenvalue weighted by atomic mass is 16.6. The van der Waals surface area contributed by atoms with E-state index in [0.29, 0.717) is 11.3 Å². The van der Waals surface area contributed by atoms with Crippen LogP contribution in [-0.2, 0) is 14.4 Å². The molecule has 168 valence electrons. The Kier molecular flexibility index (Phi) is 13.5. The minimum atomic E-state index is -1.05. The number of carbonyl (C=O) groups excluding carboxylic acids is 1. The van der Waals surface area contributed by atoms with Crippen molar-refractivity contribution in [2.45, 2.75) is 72.1 Å². The van der Waals surface area contributed by atoms with Gasteiger partial charge in [-0.1, -0.05) is 39.5 Å². The summed E-state index contributed by atoms with van der Waals surface area (Å²) >= 11 is 0. The summed E-state index contributed by atoms with van der Waals surface area (Å²) in [6.07, 6.45) is 5.93. The molecule has 0 radical (unpaired) electrons. The van der Waals surface area contributed by atoms with Crippen LogP contribution in [-0.4, -0.2) is 33.0 Å². The molecule has 0 aliphatic heterocycles. The molecule has 9 heteroatoms. The molecule has 1 aromatic carbocycles. The summed E-state index contributed by atoms with van der Waals surface area (Å²) in [6.45, 7) is 5.73. The van der Waals surface area contributed by atoms with Gasteiger partial charge in [0.2, 0.25) is 5.91 Å². The van der Waals surface area contributed by atoms with Crippen LogP contribution in [0.1, 0.15) is 70.8 Å². The number of carbonyl (C=O) groups is 3. The fourth-order valence-electron chi connectivity index (χ4n) is 2.65. The summed E-state index contributed by atoms with van der Waals surface area (Å²) in [5.74, 6) is -2.23. The third kappa shape index (κ3) is 11.8. The molecule has 0 saturated heterocycles. The Morgan fingerprint density at radius 1 is 1.10 bits per heavy atom. The zero-order valence-electron chi connectivity index (χ0n) is 17.8. The van der Waals surface area contributed by atoms with E-state index < -0.39 is 22.8 Å². The average molecular weight is 424 g/mol. The predicted molar refractivity (Wildman–Crippen MR) is 114 cm³/mol. The molecule has 3 N–H and O–H groups in total. The van der Waals surface area contributed by atoms with Gasteiger partial charge < -0.3 is 15.5 Å². The average Bonchev–Trinajstić information content (AvgIpc) is 2.68. The molecule has 0 aromatic heterocycles. The number of non-ortho nitro benzene ring substituents is 1. The van der Waals surface area contributed by atoms with Gasteiger partial charge in [0.15, 0.2) is 0 Å². The second-order valence-corrected chi connectivity index (χ2v) is 6.99. The van der Waals surface area contributed by atoms with Crippen molar-refractivity contribution in [2.75, 3.05) is 5.32 Å². The van der Waals surface area contributed by atoms with Crippen LogP contribution >= 0.6 is 0 Å². The number of rotatable bonds is 12. The zero-order chi connectivity index (χ0) is 23.1. The van der Waals surface area contributed by atoms with Gasteiger partial charge >= 0.3 is 11.9 Å². The third-order valence-corrected chi connectivity index (χ3v) is 4.51. The second kappa shape index (κ2) is 14.9. The maximum absolute atomic E-state index is 11.4. The molecule has 0 unspecified atom stereocenters. The van der Waals surface area contributed by atoms with E-state index in [2.05, 4.69) is 12.2 Å². The zero-order valence-corrected chi connectivity index (χ0v) is 17.8. The van der Waals surface area contributed by atoms with E-state index in [1.54, 1.807) is 6.92 Å². The number of aliphatic carboxylic acids is 2. The fraction of sp³-hybridized carbons (Fsp3) is 0.571. The fourth-order valence-corrected chi connectivity index (χ4v) is 2.65. The van der Waals surface area contributed by atoms with Gasteiger partial charge in [0.1, 0.15) is 0 Å². The molecule has 0 aliphatic carbocycles. The van der Waals surface area contributed by atoms with Crippen LogP contribution in [0.2, 0.25) is 0 Å². The molecule has 1 rings (SSSR count). The standard InChI is InChI=1S/C11H12N2O5.C10H20O2/c1-7-6-8(13(17)18)2-3-9(7)12-10(14)4-5-11(15)16;1-3-5-6-7-8-9(4-2)10(11)12/h2-3,6H,4-5H2,1H3,(H,12,14)(H,15,16);9H,3-8H2,1-2H3,(H,11,12)/t;9-/m.0/s1. The van der Waals surface area contributed by atoms with E-state index in [-0.39, 0.29) is 24.4 Å². The quantitative estimate of drug-likeness (QED) is 0.249. The minimum Gasteiger partial charge on any atom is -0.481 e. The molecular weight excluding hydrogens is 392 g/mol. The van der Waals surface area contributed by atoms with Crippen molar-refractivity contribution >= 4 is 29.2 Å². The summed E-state index contributed by atoms with van der Waals surface area (Å²) in [7, 11) is 0. The Bertz CT molecular complexity index is 719. The lowest BCUT2D eigenvalue weighted by Gasteiger charge is -2.08. The van der Waals surface area contributed by atoms with Crippen molar-refractivity contribution in [2.24, 2.45) is 5.92 Å². The molecule has 1 aromatic rings. The number of benzene rings is 1. The number of aryl methyl sites for hydroxylation is 1. The van der Waals surface area contributed by atoms with Gasteiger partial charge in [-0.15, -0.1) is 0 Å². The molecular formula is C21H32N2O7. The SMILES string of the molecule is CCCCCC[C@H](CC)C(=O)O.Cc1cc([N+](=O)[O-])ccc1NC(=O)CCC(=O)O. The number of anilines is 1. The Morgan fingerprint density at radius 2 is 1.77 bits per heavy atom. The molecule has 0 fully saturated rings. The lowest BCUT2D eigenvalue weighted by Crippen LogP contribution is -2.14. The van der Waals surface area contributed by atoms with Crippen LogP contribution in [0.15, 0.2) is 18.2 Å². The number of carboxylic acids is 2. The van der Waals surface area contributed by atoms with Crippen molar-refractivity contribution in [3.05, 3.63) is 33.9 Å². The van der Waals surface area contributed by atoms with Gasteiger partial charge in [-0.3, -0.25) is 24.5 Å². The largest absolute Gasteiger partial charge is 0.481 e. The summed E-state index contributed by atoms with van der Waals surface area (Å²) in [6, 6.07) is 4.04. The van der Waals surface area contributed by atoms with Crippen molar-refractivity contribution in [3.8, 4) is 0 Å². The van der Waals surface area contributed by atoms with Crippen LogP contribution < -0.4 is 5.32 Å². The summed E-state index contributed by atoms with van der Waals surface area (Å²) in [4.78, 5) is 42.3. The first-order chi connectivity index (χ1) is 14.1. The van der Waals surface area contributed by atoms with Gasteiger partial charge in [0.05, 0.1) is 17.3 Å². The lowest BCUT2D eigenvalue weighted by atomic mass is 9.99. The highest BCUT2D eigenvalue weighted by Gasteiger charge is 2.13. The van der Waals surface area contributed by atoms with Crippen LogP contribution in [0.3, 0.4) is 0 Å². The summed E-state index contributed by atoms with van der Waals surface area (Å²) in [5, 5.41) is 30.2. The third-order valence-electron chi connectivity index (χ3n) is 4.51. The van der Waals surface area contributed by atoms with E-state index in [0.717, 1.165) is 19.3 Å². The number of unbranched alkanes of at least 4 members (excludes halogenated alkanes) is 3. The molecule has 30 heavy (non-hydrogen) atoms. The first-order valence-electron chi connectivity index (χ1n) is 10.1. The van der Waals surface area contributed by atoms with E-state index in [1.165, 1.54) is 37.5 Å². The van der Waals surface area contributed by atoms with E-state index in [4.69, 9.17) is 10.2 Å². The minimum absolute atomic E-state index is 0.0592. The van der Waals surface area contributed by atoms with E-state index >= 15 is 0 Å². The van der Waals surface area contributed by atoms with Crippen molar-refractivity contribution in [3.63, 3.8) is 0 Å². The number of nitro benzene ring substituents is 1. The molecule has 1 atom stereocenters. The molecule has 0 spiro atoms. The molecule has 0 aliphatic rings. The number of hydrogen-bond acceptors (Lipinski definition) is 5. The Hall–Kier alpha value is -2.97. The second-order valence-electron chi connectivity index (χ2n) is 6.99. The number of nitro groups is 1. The monoisotopic (exact) mass is 424 g/mol. The van der Waals surface area contributed by atoms with Gasteiger partial charge in [0, 0.05) is 24.2 Å². The van der Waals surface area contributed by atoms with Crippen LogP contribution in [0.4, 0.5) is 11.4 Å². The summed E-state index contributed by atoms with van der Waals surface area (Å²) in [5.41, 5.74) is 0.930. The molecule has 0 saturated carbocycles. The van der Waals surface area contributed by atoms with Crippen molar-refractivity contribution in [1.82, 2.24) is 0 Å². The smallest absolute Gasteiger partial charge is 0.306 e. The number of carboxylic acid groups (broad SMARTS) is 2. The number of amides is 1. The maximum atomic E-state index is 11.4. The van der Waals surface area contributed by atoms with E-state index in [9.17, 15) is 24.5 Å². The Labute approximate surface area is 176 Å². The maximum Gasteiger partial charge on any atom is 0.306 e. The van der Waals surface area contributed by atoms with Crippen LogP contribution in [0.5, 0.6) is 0 Å². The molecule has 1 amide bonds. The predicted octanol–water partition coefficient (Wildman–Crippen LogP) is 4.77. The molecule has 0 bridgehead atoms. The van der Waals surface area contributed by atoms with Crippen molar-refractivity contribution < 1.29 is 29.5 Å². The van der Waals surface area contributed by atoms with Gasteiger partial charge in [-0.2, -0.15) is 0 Å². The Balaban J connectivity index is 0.000000612. The normalized spacial score (nSPS) is 11.0. The van der Waals surface area contributed by atoms with Gasteiger partial charge in [0.25, 0.3) is 5.69 Å². The number of nitrogens with one attached hydrogen (secondary N) is 1. The lowest BCUT2D eigenvalue weighted by molar-refractivity contribution is -0.384. The van der Waals surface area contributed by atoms with Gasteiger partial charge in [-0.05, 0) is 31.4 Å². The first kappa shape index (κ1) is 27.0. The Morgan fingerprint density at radius 3 is 2.23 bits per heavy atom. The number of hydrogen-bond donors (Lipinski definition) is 3. The number of nitrogens with zero attached hydrogens (tertiary/aromatic N) is 1. The van der Waals surface area contributed by atoms with Crippen molar-refractivity contribution in [1.29, 1.82) is 0 Å². The molecule has 0 heterocycles. The summed E-state index contributed by atoms with van der Waals surface area (Å²) < 4.78 is 0. The van der Waals surface area contributed by atoms with E-state index in [1.807, 2.05) is 6.92 Å². The highest BCUT2D eigenvalue weighted by molar-refractivity contribution is 5.93.